The zero-order chi connectivity index (χ0) is 14.5. The summed E-state index contributed by atoms with van der Waals surface area (Å²) in [4.78, 5) is 0. The second-order valence-electron chi connectivity index (χ2n) is 5.58. The average Bonchev–Trinajstić information content (AvgIpc) is 2.64. The summed E-state index contributed by atoms with van der Waals surface area (Å²) in [6.45, 7) is 4.47. The molecule has 0 spiro atoms. The van der Waals surface area contributed by atoms with E-state index in [4.69, 9.17) is 4.18 Å². The summed E-state index contributed by atoms with van der Waals surface area (Å²) in [5.41, 5.74) is 0. The third-order valence-electron chi connectivity index (χ3n) is 3.27. The second-order valence-corrected chi connectivity index (χ2v) is 9.70. The largest absolute Gasteiger partial charge is 0.271 e. The number of unbranched alkanes of at least 4 members (excludes halogenated alkanes) is 2. The van der Waals surface area contributed by atoms with Gasteiger partial charge < -0.3 is 0 Å². The Morgan fingerprint density at radius 1 is 1.21 bits per heavy atom. The van der Waals surface area contributed by atoms with E-state index in [9.17, 15) is 16.8 Å². The molecule has 19 heavy (non-hydrogen) atoms. The molecule has 0 aromatic carbocycles. The van der Waals surface area contributed by atoms with Crippen LogP contribution in [0.2, 0.25) is 0 Å². The molecule has 1 fully saturated rings. The quantitative estimate of drug-likeness (QED) is 0.504. The fourth-order valence-electron chi connectivity index (χ4n) is 2.09. The minimum absolute atomic E-state index is 0.0470. The van der Waals surface area contributed by atoms with Crippen molar-refractivity contribution in [3.05, 3.63) is 0 Å². The molecule has 0 radical (unpaired) electrons. The molecule has 0 bridgehead atoms. The Labute approximate surface area is 116 Å². The van der Waals surface area contributed by atoms with Crippen LogP contribution >= 0.6 is 0 Å². The standard InChI is InChI=1S/C12H24O5S2/c1-11(2)6-4-3-5-8-17-19(15,16)12-7-9-18(13,14)10-12/h11-12H,3-10H2,1-2H3/t12-/m0/s1. The second kappa shape index (κ2) is 7.04. The van der Waals surface area contributed by atoms with Crippen molar-refractivity contribution >= 4 is 20.0 Å². The lowest BCUT2D eigenvalue weighted by Gasteiger charge is -2.10. The Morgan fingerprint density at radius 3 is 2.42 bits per heavy atom. The molecule has 0 unspecified atom stereocenters. The molecule has 0 aromatic rings. The molecule has 0 aromatic heterocycles. The van der Waals surface area contributed by atoms with Crippen molar-refractivity contribution in [2.24, 2.45) is 5.92 Å². The number of hydrogen-bond acceptors (Lipinski definition) is 5. The number of rotatable bonds is 8. The minimum Gasteiger partial charge on any atom is -0.270 e. The van der Waals surface area contributed by atoms with Crippen LogP contribution in [0.1, 0.15) is 46.0 Å². The lowest BCUT2D eigenvalue weighted by molar-refractivity contribution is 0.300. The summed E-state index contributed by atoms with van der Waals surface area (Å²) in [5, 5.41) is -0.867. The summed E-state index contributed by atoms with van der Waals surface area (Å²) < 4.78 is 51.0. The molecule has 114 valence electrons. The molecular formula is C12H24O5S2. The van der Waals surface area contributed by atoms with Crippen LogP contribution in [0.4, 0.5) is 0 Å². The van der Waals surface area contributed by atoms with Crippen molar-refractivity contribution in [1.82, 2.24) is 0 Å². The highest BCUT2D eigenvalue weighted by Gasteiger charge is 2.37. The normalized spacial score (nSPS) is 23.0. The topological polar surface area (TPSA) is 77.5 Å². The van der Waals surface area contributed by atoms with Crippen LogP contribution < -0.4 is 0 Å². The Hall–Kier alpha value is -0.140. The van der Waals surface area contributed by atoms with E-state index in [1.165, 1.54) is 0 Å². The van der Waals surface area contributed by atoms with Crippen LogP contribution in [0.3, 0.4) is 0 Å². The molecule has 1 saturated heterocycles. The molecule has 5 nitrogen and oxygen atoms in total. The lowest BCUT2D eigenvalue weighted by Crippen LogP contribution is -2.25. The molecule has 0 amide bonds. The van der Waals surface area contributed by atoms with Crippen molar-refractivity contribution in [3.8, 4) is 0 Å². The third kappa shape index (κ3) is 6.23. The Balaban J connectivity index is 2.25. The minimum atomic E-state index is -3.71. The van der Waals surface area contributed by atoms with Crippen molar-refractivity contribution in [2.75, 3.05) is 18.1 Å². The zero-order valence-corrected chi connectivity index (χ0v) is 13.3. The van der Waals surface area contributed by atoms with Gasteiger partial charge in [0, 0.05) is 0 Å². The van der Waals surface area contributed by atoms with Gasteiger partial charge in [0.1, 0.15) is 5.25 Å². The van der Waals surface area contributed by atoms with Gasteiger partial charge in [-0.15, -0.1) is 0 Å². The van der Waals surface area contributed by atoms with Gasteiger partial charge in [-0.3, -0.25) is 4.18 Å². The van der Waals surface area contributed by atoms with Crippen molar-refractivity contribution in [3.63, 3.8) is 0 Å². The summed E-state index contributed by atoms with van der Waals surface area (Å²) >= 11 is 0. The zero-order valence-electron chi connectivity index (χ0n) is 11.7. The maximum atomic E-state index is 11.8. The fraction of sp³-hybridized carbons (Fsp3) is 1.00. The van der Waals surface area contributed by atoms with Crippen LogP contribution in [0.5, 0.6) is 0 Å². The lowest BCUT2D eigenvalue weighted by atomic mass is 10.1. The highest BCUT2D eigenvalue weighted by Crippen LogP contribution is 2.20. The van der Waals surface area contributed by atoms with E-state index in [1.54, 1.807) is 0 Å². The van der Waals surface area contributed by atoms with Gasteiger partial charge in [-0.05, 0) is 18.8 Å². The Bertz CT molecular complexity index is 464. The van der Waals surface area contributed by atoms with Crippen LogP contribution in [-0.4, -0.2) is 40.2 Å². The van der Waals surface area contributed by atoms with Crippen molar-refractivity contribution < 1.29 is 21.0 Å². The molecule has 1 aliphatic rings. The highest BCUT2D eigenvalue weighted by molar-refractivity contribution is 7.94. The number of sulfone groups is 1. The van der Waals surface area contributed by atoms with E-state index < -0.39 is 25.2 Å². The molecule has 1 heterocycles. The first-order valence-corrected chi connectivity index (χ1v) is 10.1. The molecule has 7 heteroatoms. The maximum absolute atomic E-state index is 11.8. The summed E-state index contributed by atoms with van der Waals surface area (Å²) in [5.74, 6) is 0.325. The van der Waals surface area contributed by atoms with Gasteiger partial charge in [0.2, 0.25) is 0 Å². The summed E-state index contributed by atoms with van der Waals surface area (Å²) in [6.07, 6.45) is 4.01. The monoisotopic (exact) mass is 312 g/mol. The summed E-state index contributed by atoms with van der Waals surface area (Å²) in [6, 6.07) is 0. The highest BCUT2D eigenvalue weighted by atomic mass is 32.2. The van der Waals surface area contributed by atoms with E-state index in [1.807, 2.05) is 0 Å². The van der Waals surface area contributed by atoms with Crippen molar-refractivity contribution in [2.45, 2.75) is 51.2 Å². The summed E-state index contributed by atoms with van der Waals surface area (Å²) in [7, 11) is -6.90. The molecule has 0 N–H and O–H groups in total. The van der Waals surface area contributed by atoms with Gasteiger partial charge in [0.15, 0.2) is 9.84 Å². The van der Waals surface area contributed by atoms with Gasteiger partial charge in [0.25, 0.3) is 10.1 Å². The predicted octanol–water partition coefficient (Wildman–Crippen LogP) is 1.74. The van der Waals surface area contributed by atoms with E-state index in [0.29, 0.717) is 12.3 Å². The first-order valence-electron chi connectivity index (χ1n) is 6.81. The molecule has 0 saturated carbocycles. The average molecular weight is 312 g/mol. The maximum Gasteiger partial charge on any atom is 0.271 e. The van der Waals surface area contributed by atoms with Crippen LogP contribution in [0.15, 0.2) is 0 Å². The van der Waals surface area contributed by atoms with E-state index in [2.05, 4.69) is 13.8 Å². The fourth-order valence-corrected chi connectivity index (χ4v) is 6.02. The van der Waals surface area contributed by atoms with Gasteiger partial charge in [-0.25, -0.2) is 8.42 Å². The smallest absolute Gasteiger partial charge is 0.270 e. The van der Waals surface area contributed by atoms with Crippen LogP contribution in [0, 0.1) is 5.92 Å². The van der Waals surface area contributed by atoms with Crippen LogP contribution in [0.25, 0.3) is 0 Å². The Kier molecular flexibility index (Phi) is 6.26. The van der Waals surface area contributed by atoms with Crippen molar-refractivity contribution in [1.29, 1.82) is 0 Å². The SMILES string of the molecule is CC(C)CCCCCOS(=O)(=O)[C@H]1CCS(=O)(=O)C1. The van der Waals surface area contributed by atoms with Gasteiger partial charge in [0.05, 0.1) is 18.1 Å². The molecule has 1 atom stereocenters. The Morgan fingerprint density at radius 2 is 1.89 bits per heavy atom. The molecule has 1 aliphatic heterocycles. The van der Waals surface area contributed by atoms with Gasteiger partial charge in [-0.2, -0.15) is 8.42 Å². The van der Waals surface area contributed by atoms with Crippen LogP contribution in [-0.2, 0) is 24.1 Å². The first kappa shape index (κ1) is 16.9. The first-order chi connectivity index (χ1) is 8.73. The van der Waals surface area contributed by atoms with E-state index in [0.717, 1.165) is 19.3 Å². The van der Waals surface area contributed by atoms with Gasteiger partial charge >= 0.3 is 0 Å². The molecular weight excluding hydrogens is 288 g/mol. The number of hydrogen-bond donors (Lipinski definition) is 0. The molecule has 0 aliphatic carbocycles. The molecule has 1 rings (SSSR count). The van der Waals surface area contributed by atoms with Gasteiger partial charge in [-0.1, -0.05) is 33.1 Å². The van der Waals surface area contributed by atoms with E-state index in [-0.39, 0.29) is 24.5 Å². The third-order valence-corrected chi connectivity index (χ3v) is 6.97. The predicted molar refractivity (Wildman–Crippen MR) is 75.2 cm³/mol. The van der Waals surface area contributed by atoms with E-state index >= 15 is 0 Å².